The van der Waals surface area contributed by atoms with E-state index in [0.717, 1.165) is 83.5 Å². The van der Waals surface area contributed by atoms with E-state index in [2.05, 4.69) is 13.8 Å². The topological polar surface area (TPSA) is 126 Å². The lowest BCUT2D eigenvalue weighted by Gasteiger charge is -2.44. The minimum Gasteiger partial charge on any atom is -0.403 e. The highest BCUT2D eigenvalue weighted by Gasteiger charge is 2.59. The zero-order valence-electron chi connectivity index (χ0n) is 39.8. The molecule has 2 unspecified atom stereocenters. The smallest absolute Gasteiger partial charge is 0.386 e. The predicted octanol–water partition coefficient (Wildman–Crippen LogP) is 12.1. The van der Waals surface area contributed by atoms with Crippen molar-refractivity contribution in [3.8, 4) is 0 Å². The molecule has 2 atom stereocenters. The molecule has 0 aromatic carbocycles. The van der Waals surface area contributed by atoms with Gasteiger partial charge in [-0.3, -0.25) is 9.59 Å². The summed E-state index contributed by atoms with van der Waals surface area (Å²) in [4.78, 5) is 27.0. The number of carbonyl (C=O) groups is 2. The van der Waals surface area contributed by atoms with Crippen molar-refractivity contribution in [1.29, 1.82) is 0 Å². The van der Waals surface area contributed by atoms with Crippen molar-refractivity contribution >= 4 is 11.9 Å². The number of unbranched alkanes of at least 4 members (excludes halogenated alkanes) is 12. The van der Waals surface area contributed by atoms with Gasteiger partial charge in [-0.05, 0) is 78.1 Å². The summed E-state index contributed by atoms with van der Waals surface area (Å²) in [6.45, 7) is 22.8. The third-order valence-corrected chi connectivity index (χ3v) is 9.77. The molecule has 0 spiro atoms. The van der Waals surface area contributed by atoms with Crippen LogP contribution in [0.2, 0.25) is 0 Å². The highest BCUT2D eigenvalue weighted by Crippen LogP contribution is 2.37. The molecule has 0 fully saturated rings. The lowest BCUT2D eigenvalue weighted by atomic mass is 10.1. The van der Waals surface area contributed by atoms with Crippen molar-refractivity contribution < 1.29 is 57.0 Å². The van der Waals surface area contributed by atoms with Crippen molar-refractivity contribution in [2.45, 2.75) is 240 Å². The molecule has 12 nitrogen and oxygen atoms in total. The Hall–Kier alpha value is -1.38. The molecule has 0 aliphatic carbocycles. The van der Waals surface area contributed by atoms with Gasteiger partial charge in [-0.15, -0.1) is 0 Å². The van der Waals surface area contributed by atoms with Crippen LogP contribution in [-0.4, -0.2) is 88.3 Å². The summed E-state index contributed by atoms with van der Waals surface area (Å²) in [5.74, 6) is -7.48. The van der Waals surface area contributed by atoms with Crippen LogP contribution >= 0.6 is 0 Å². The van der Waals surface area contributed by atoms with Crippen LogP contribution in [0.1, 0.15) is 217 Å². The van der Waals surface area contributed by atoms with Gasteiger partial charge in [-0.25, -0.2) is 0 Å². The second kappa shape index (κ2) is 36.1. The van der Waals surface area contributed by atoms with E-state index in [1.807, 2.05) is 41.5 Å². The molecule has 0 radical (unpaired) electrons. The largest absolute Gasteiger partial charge is 0.403 e. The van der Waals surface area contributed by atoms with Crippen LogP contribution in [0.4, 0.5) is 0 Å². The average molecular weight is 849 g/mol. The molecular weight excluding hydrogens is 757 g/mol. The molecule has 0 rings (SSSR count). The molecule has 0 amide bonds. The van der Waals surface area contributed by atoms with E-state index in [-0.39, 0.29) is 12.8 Å². The summed E-state index contributed by atoms with van der Waals surface area (Å²) in [7, 11) is 0. The minimum absolute atomic E-state index is 0.177. The summed E-state index contributed by atoms with van der Waals surface area (Å²) in [6.07, 6.45) is 19.0. The number of hydrogen-bond donors (Lipinski definition) is 0. The third kappa shape index (κ3) is 23.6. The highest BCUT2D eigenvalue weighted by atomic mass is 16.9. The van der Waals surface area contributed by atoms with E-state index < -0.39 is 35.5 Å². The summed E-state index contributed by atoms with van der Waals surface area (Å²) in [5, 5.41) is 0. The number of rotatable bonds is 44. The first-order chi connectivity index (χ1) is 28.5. The molecule has 0 aromatic heterocycles. The summed E-state index contributed by atoms with van der Waals surface area (Å²) >= 11 is 0. The molecule has 0 bridgehead atoms. The molecule has 0 N–H and O–H groups in total. The standard InChI is InChI=1S/C47H92O12/c1-11-19-21-26-30-40-52-44(9,50-34-13-3)46(54-36-15-5,55-37-16-6)58-42(48)32-28-24-23-25-29-33-43(49)59-47(56-38-17-7,57-39-18-8)45(10,51-35-14-4)53-41-31-27-22-20-12-2/h11-41H2,1-10H3. The van der Waals surface area contributed by atoms with Gasteiger partial charge in [0, 0.05) is 12.8 Å². The Morgan fingerprint density at radius 2 is 0.559 bits per heavy atom. The molecule has 0 aliphatic rings. The SMILES string of the molecule is CCCCCCCOC(C)(OCCC)C(OCCC)(OCCC)OC(=O)CCCCCCCC(=O)OC(OCCC)(OCCC)C(C)(OCCC)OCCCCCCC. The zero-order chi connectivity index (χ0) is 44.1. The molecule has 59 heavy (non-hydrogen) atoms. The van der Waals surface area contributed by atoms with E-state index in [1.54, 1.807) is 13.8 Å². The van der Waals surface area contributed by atoms with Crippen molar-refractivity contribution in [2.24, 2.45) is 0 Å². The number of ether oxygens (including phenoxy) is 10. The van der Waals surface area contributed by atoms with Gasteiger partial charge in [0.1, 0.15) is 0 Å². The van der Waals surface area contributed by atoms with Gasteiger partial charge in [-0.1, -0.05) is 126 Å². The van der Waals surface area contributed by atoms with Crippen LogP contribution < -0.4 is 0 Å². The Morgan fingerprint density at radius 1 is 0.305 bits per heavy atom. The second-order valence-electron chi connectivity index (χ2n) is 15.8. The second-order valence-corrected chi connectivity index (χ2v) is 15.8. The lowest BCUT2D eigenvalue weighted by Crippen LogP contribution is -2.62. The van der Waals surface area contributed by atoms with Gasteiger partial charge in [0.15, 0.2) is 0 Å². The van der Waals surface area contributed by atoms with E-state index in [1.165, 1.54) is 12.8 Å². The quantitative estimate of drug-likeness (QED) is 0.0329. The van der Waals surface area contributed by atoms with Crippen LogP contribution in [-0.2, 0) is 57.0 Å². The maximum absolute atomic E-state index is 13.5. The van der Waals surface area contributed by atoms with Gasteiger partial charge in [0.05, 0.1) is 52.9 Å². The van der Waals surface area contributed by atoms with E-state index in [9.17, 15) is 9.59 Å². The Bertz CT molecular complexity index is 904. The highest BCUT2D eigenvalue weighted by molar-refractivity contribution is 5.70. The fraction of sp³-hybridized carbons (Fsp3) is 0.957. The lowest BCUT2D eigenvalue weighted by molar-refractivity contribution is -0.480. The maximum Gasteiger partial charge on any atom is 0.386 e. The molecule has 0 saturated carbocycles. The first kappa shape index (κ1) is 57.6. The summed E-state index contributed by atoms with van der Waals surface area (Å²) in [5.41, 5.74) is 0. The molecule has 12 heteroatoms. The molecular formula is C47H92O12. The number of carbonyl (C=O) groups excluding carboxylic acids is 2. The van der Waals surface area contributed by atoms with Gasteiger partial charge >= 0.3 is 23.9 Å². The van der Waals surface area contributed by atoms with E-state index >= 15 is 0 Å². The van der Waals surface area contributed by atoms with Crippen LogP contribution in [0.15, 0.2) is 0 Å². The Kier molecular flexibility index (Phi) is 35.3. The molecule has 0 saturated heterocycles. The number of esters is 2. The summed E-state index contributed by atoms with van der Waals surface area (Å²) in [6, 6.07) is 0. The van der Waals surface area contributed by atoms with Crippen LogP contribution in [0.3, 0.4) is 0 Å². The van der Waals surface area contributed by atoms with E-state index in [0.29, 0.717) is 91.4 Å². The fourth-order valence-electron chi connectivity index (χ4n) is 6.30. The summed E-state index contributed by atoms with van der Waals surface area (Å²) < 4.78 is 62.6. The van der Waals surface area contributed by atoms with Crippen molar-refractivity contribution in [1.82, 2.24) is 0 Å². The molecule has 0 heterocycles. The van der Waals surface area contributed by atoms with Crippen molar-refractivity contribution in [3.63, 3.8) is 0 Å². The predicted molar refractivity (Wildman–Crippen MR) is 234 cm³/mol. The fourth-order valence-corrected chi connectivity index (χ4v) is 6.30. The monoisotopic (exact) mass is 849 g/mol. The van der Waals surface area contributed by atoms with Crippen molar-refractivity contribution in [2.75, 3.05) is 52.9 Å². The minimum atomic E-state index is -1.84. The molecule has 0 aliphatic heterocycles. The van der Waals surface area contributed by atoms with Crippen LogP contribution in [0, 0.1) is 0 Å². The zero-order valence-corrected chi connectivity index (χ0v) is 39.8. The average Bonchev–Trinajstić information content (AvgIpc) is 3.23. The number of hydrogen-bond acceptors (Lipinski definition) is 12. The third-order valence-electron chi connectivity index (χ3n) is 9.77. The van der Waals surface area contributed by atoms with Crippen LogP contribution in [0.5, 0.6) is 0 Å². The Balaban J connectivity index is 5.58. The first-order valence-electron chi connectivity index (χ1n) is 24.0. The van der Waals surface area contributed by atoms with E-state index in [4.69, 9.17) is 47.4 Å². The van der Waals surface area contributed by atoms with Gasteiger partial charge in [0.2, 0.25) is 0 Å². The van der Waals surface area contributed by atoms with Gasteiger partial charge in [0.25, 0.3) is 11.6 Å². The Morgan fingerprint density at radius 3 is 0.864 bits per heavy atom. The molecule has 352 valence electrons. The van der Waals surface area contributed by atoms with Crippen LogP contribution in [0.25, 0.3) is 0 Å². The first-order valence-corrected chi connectivity index (χ1v) is 24.0. The maximum atomic E-state index is 13.5. The van der Waals surface area contributed by atoms with Gasteiger partial charge in [-0.2, -0.15) is 0 Å². The normalized spacial score (nSPS) is 14.3. The van der Waals surface area contributed by atoms with Gasteiger partial charge < -0.3 is 47.4 Å². The Labute approximate surface area is 361 Å². The molecule has 0 aromatic rings. The van der Waals surface area contributed by atoms with Crippen molar-refractivity contribution in [3.05, 3.63) is 0 Å².